The Morgan fingerprint density at radius 2 is 1.53 bits per heavy atom. The van der Waals surface area contributed by atoms with Crippen LogP contribution >= 0.6 is 0 Å². The third kappa shape index (κ3) is 5.02. The second kappa shape index (κ2) is 7.44. The highest BCUT2D eigenvalue weighted by atomic mass is 14.3. The lowest BCUT2D eigenvalue weighted by Crippen LogP contribution is -2.22. The van der Waals surface area contributed by atoms with Gasteiger partial charge < -0.3 is 0 Å². The summed E-state index contributed by atoms with van der Waals surface area (Å²) >= 11 is 0. The average Bonchev–Trinajstić information content (AvgIpc) is 2.30. The zero-order valence-electron chi connectivity index (χ0n) is 12.8. The first-order valence-corrected chi connectivity index (χ1v) is 8.04. The van der Waals surface area contributed by atoms with Crippen LogP contribution < -0.4 is 0 Å². The maximum Gasteiger partial charge on any atom is -0.0388 e. The molecule has 0 nitrogen and oxygen atoms in total. The highest BCUT2D eigenvalue weighted by Crippen LogP contribution is 2.38. The summed E-state index contributed by atoms with van der Waals surface area (Å²) < 4.78 is 0. The van der Waals surface area contributed by atoms with Gasteiger partial charge in [-0.05, 0) is 48.9 Å². The minimum Gasteiger partial charge on any atom is -0.0654 e. The minimum atomic E-state index is 0.867. The Bertz CT molecular complexity index is 186. The number of rotatable bonds is 6. The van der Waals surface area contributed by atoms with Crippen molar-refractivity contribution in [1.29, 1.82) is 0 Å². The smallest absolute Gasteiger partial charge is 0.0388 e. The van der Waals surface area contributed by atoms with Gasteiger partial charge in [0.05, 0.1) is 0 Å². The normalized spacial score (nSPS) is 29.3. The Balaban J connectivity index is 2.26. The molecule has 0 heteroatoms. The van der Waals surface area contributed by atoms with E-state index in [1.54, 1.807) is 0 Å². The van der Waals surface area contributed by atoms with Crippen molar-refractivity contribution in [3.63, 3.8) is 0 Å². The summed E-state index contributed by atoms with van der Waals surface area (Å²) in [6, 6.07) is 0. The van der Waals surface area contributed by atoms with Gasteiger partial charge in [-0.25, -0.2) is 0 Å². The zero-order valence-corrected chi connectivity index (χ0v) is 12.8. The Hall–Kier alpha value is 0. The maximum atomic E-state index is 2.48. The minimum absolute atomic E-state index is 0.867. The molecule has 2 unspecified atom stereocenters. The van der Waals surface area contributed by atoms with Crippen LogP contribution in [-0.4, -0.2) is 0 Å². The highest BCUT2D eigenvalue weighted by Gasteiger charge is 2.26. The molecule has 0 heterocycles. The number of hydrogen-bond acceptors (Lipinski definition) is 0. The van der Waals surface area contributed by atoms with Crippen LogP contribution in [0, 0.1) is 29.6 Å². The lowest BCUT2D eigenvalue weighted by molar-refractivity contribution is 0.179. The summed E-state index contributed by atoms with van der Waals surface area (Å²) in [4.78, 5) is 0. The predicted molar refractivity (Wildman–Crippen MR) is 78.1 cm³/mol. The standard InChI is InChI=1S/C17H34/c1-6-7-14(4)17-10-8-16(9-11-17)12-15(5)13(2)3/h13-17H,6-12H2,1-5H3. The Labute approximate surface area is 110 Å². The molecule has 2 atom stereocenters. The van der Waals surface area contributed by atoms with Gasteiger partial charge in [-0.3, -0.25) is 0 Å². The van der Waals surface area contributed by atoms with Crippen LogP contribution in [0.2, 0.25) is 0 Å². The average molecular weight is 238 g/mol. The largest absolute Gasteiger partial charge is 0.0654 e. The first-order chi connectivity index (χ1) is 8.04. The zero-order chi connectivity index (χ0) is 12.8. The van der Waals surface area contributed by atoms with Crippen LogP contribution in [0.25, 0.3) is 0 Å². The fourth-order valence-electron chi connectivity index (χ4n) is 3.48. The van der Waals surface area contributed by atoms with Crippen molar-refractivity contribution >= 4 is 0 Å². The summed E-state index contributed by atoms with van der Waals surface area (Å²) in [5, 5.41) is 0. The van der Waals surface area contributed by atoms with Gasteiger partial charge in [0.15, 0.2) is 0 Å². The van der Waals surface area contributed by atoms with Crippen molar-refractivity contribution in [2.24, 2.45) is 29.6 Å². The molecule has 1 aliphatic rings. The van der Waals surface area contributed by atoms with Gasteiger partial charge in [0.1, 0.15) is 0 Å². The summed E-state index contributed by atoms with van der Waals surface area (Å²) in [7, 11) is 0. The Morgan fingerprint density at radius 3 is 2.00 bits per heavy atom. The van der Waals surface area contributed by atoms with E-state index in [-0.39, 0.29) is 0 Å². The molecule has 0 saturated heterocycles. The van der Waals surface area contributed by atoms with Gasteiger partial charge in [-0.2, -0.15) is 0 Å². The molecule has 102 valence electrons. The second-order valence-electron chi connectivity index (χ2n) is 7.00. The molecule has 0 spiro atoms. The third-order valence-electron chi connectivity index (χ3n) is 5.28. The van der Waals surface area contributed by atoms with E-state index < -0.39 is 0 Å². The molecule has 0 amide bonds. The van der Waals surface area contributed by atoms with Crippen molar-refractivity contribution in [3.8, 4) is 0 Å². The maximum absolute atomic E-state index is 2.48. The van der Waals surface area contributed by atoms with Crippen LogP contribution in [0.5, 0.6) is 0 Å². The van der Waals surface area contributed by atoms with Gasteiger partial charge in [0.25, 0.3) is 0 Å². The Morgan fingerprint density at radius 1 is 0.941 bits per heavy atom. The molecular formula is C17H34. The van der Waals surface area contributed by atoms with Gasteiger partial charge in [-0.15, -0.1) is 0 Å². The topological polar surface area (TPSA) is 0 Å². The van der Waals surface area contributed by atoms with Crippen molar-refractivity contribution in [2.45, 2.75) is 79.6 Å². The monoisotopic (exact) mass is 238 g/mol. The van der Waals surface area contributed by atoms with Crippen LogP contribution in [-0.2, 0) is 0 Å². The highest BCUT2D eigenvalue weighted by molar-refractivity contribution is 4.77. The molecule has 17 heavy (non-hydrogen) atoms. The molecule has 0 aromatic carbocycles. The van der Waals surface area contributed by atoms with E-state index in [9.17, 15) is 0 Å². The molecule has 0 aliphatic heterocycles. The quantitative estimate of drug-likeness (QED) is 0.539. The molecule has 0 radical (unpaired) electrons. The van der Waals surface area contributed by atoms with E-state index in [1.165, 1.54) is 44.9 Å². The molecule has 0 bridgehead atoms. The molecule has 1 fully saturated rings. The lowest BCUT2D eigenvalue weighted by Gasteiger charge is -2.34. The van der Waals surface area contributed by atoms with Crippen molar-refractivity contribution in [1.82, 2.24) is 0 Å². The molecule has 1 rings (SSSR count). The van der Waals surface area contributed by atoms with E-state index in [2.05, 4.69) is 34.6 Å². The molecule has 1 saturated carbocycles. The van der Waals surface area contributed by atoms with Crippen LogP contribution in [0.3, 0.4) is 0 Å². The fourth-order valence-corrected chi connectivity index (χ4v) is 3.48. The van der Waals surface area contributed by atoms with Gasteiger partial charge >= 0.3 is 0 Å². The van der Waals surface area contributed by atoms with E-state index >= 15 is 0 Å². The van der Waals surface area contributed by atoms with E-state index in [1.807, 2.05) is 0 Å². The fraction of sp³-hybridized carbons (Fsp3) is 1.00. The lowest BCUT2D eigenvalue weighted by atomic mass is 9.72. The van der Waals surface area contributed by atoms with Gasteiger partial charge in [0, 0.05) is 0 Å². The van der Waals surface area contributed by atoms with E-state index in [4.69, 9.17) is 0 Å². The SMILES string of the molecule is CCCC(C)C1CCC(CC(C)C(C)C)CC1. The summed E-state index contributed by atoms with van der Waals surface area (Å²) in [5.41, 5.74) is 0. The predicted octanol–water partition coefficient (Wildman–Crippen LogP) is 5.91. The van der Waals surface area contributed by atoms with Crippen molar-refractivity contribution < 1.29 is 0 Å². The molecule has 0 aromatic heterocycles. The molecular weight excluding hydrogens is 204 g/mol. The van der Waals surface area contributed by atoms with Crippen LogP contribution in [0.4, 0.5) is 0 Å². The van der Waals surface area contributed by atoms with Gasteiger partial charge in [0.2, 0.25) is 0 Å². The molecule has 0 N–H and O–H groups in total. The van der Waals surface area contributed by atoms with Crippen molar-refractivity contribution in [2.75, 3.05) is 0 Å². The Kier molecular flexibility index (Phi) is 6.59. The number of hydrogen-bond donors (Lipinski definition) is 0. The molecule has 0 aromatic rings. The summed E-state index contributed by atoms with van der Waals surface area (Å²) in [6.45, 7) is 12.0. The van der Waals surface area contributed by atoms with Crippen molar-refractivity contribution in [3.05, 3.63) is 0 Å². The first-order valence-electron chi connectivity index (χ1n) is 8.04. The van der Waals surface area contributed by atoms with Crippen LogP contribution in [0.1, 0.15) is 79.6 Å². The van der Waals surface area contributed by atoms with E-state index in [0.29, 0.717) is 0 Å². The first kappa shape index (κ1) is 15.1. The van der Waals surface area contributed by atoms with Gasteiger partial charge in [-0.1, -0.05) is 60.3 Å². The second-order valence-corrected chi connectivity index (χ2v) is 7.00. The molecule has 1 aliphatic carbocycles. The summed E-state index contributed by atoms with van der Waals surface area (Å²) in [5.74, 6) is 4.85. The van der Waals surface area contributed by atoms with E-state index in [0.717, 1.165) is 29.6 Å². The van der Waals surface area contributed by atoms with Crippen LogP contribution in [0.15, 0.2) is 0 Å². The summed E-state index contributed by atoms with van der Waals surface area (Å²) in [6.07, 6.45) is 10.3. The third-order valence-corrected chi connectivity index (χ3v) is 5.28.